The van der Waals surface area contributed by atoms with Gasteiger partial charge in [0.15, 0.2) is 0 Å². The van der Waals surface area contributed by atoms with Gasteiger partial charge in [-0.15, -0.1) is 11.3 Å². The van der Waals surface area contributed by atoms with E-state index in [0.717, 1.165) is 55.5 Å². The van der Waals surface area contributed by atoms with Gasteiger partial charge in [-0.1, -0.05) is 23.9 Å². The van der Waals surface area contributed by atoms with E-state index in [9.17, 15) is 9.59 Å². The first kappa shape index (κ1) is 17.8. The maximum absolute atomic E-state index is 12.4. The Bertz CT molecular complexity index is 768. The van der Waals surface area contributed by atoms with Gasteiger partial charge < -0.3 is 9.80 Å². The smallest absolute Gasteiger partial charge is 0.281 e. The molecule has 0 radical (unpaired) electrons. The zero-order chi connectivity index (χ0) is 17.9. The first-order valence-corrected chi connectivity index (χ1v) is 10.8. The molecule has 0 saturated carbocycles. The summed E-state index contributed by atoms with van der Waals surface area (Å²) >= 11 is 3.09. The van der Waals surface area contributed by atoms with E-state index in [1.807, 2.05) is 17.0 Å². The zero-order valence-corrected chi connectivity index (χ0v) is 16.2. The molecular weight excluding hydrogens is 368 g/mol. The van der Waals surface area contributed by atoms with Crippen LogP contribution in [0.2, 0.25) is 0 Å². The molecule has 0 bridgehead atoms. The van der Waals surface area contributed by atoms with Gasteiger partial charge in [0.05, 0.1) is 16.8 Å². The van der Waals surface area contributed by atoms with Crippen molar-refractivity contribution >= 4 is 44.5 Å². The number of para-hydroxylation sites is 1. The average Bonchev–Trinajstić information content (AvgIpc) is 3.25. The molecule has 0 spiro atoms. The van der Waals surface area contributed by atoms with Gasteiger partial charge in [-0.25, -0.2) is 4.98 Å². The lowest BCUT2D eigenvalue weighted by Gasteiger charge is -2.34. The molecular formula is C18H22N4O2S2. The summed E-state index contributed by atoms with van der Waals surface area (Å²) in [6.45, 7) is 5.43. The molecule has 2 fully saturated rings. The molecule has 138 valence electrons. The number of benzene rings is 1. The van der Waals surface area contributed by atoms with Crippen molar-refractivity contribution in [2.45, 2.75) is 13.0 Å². The van der Waals surface area contributed by atoms with Gasteiger partial charge in [-0.3, -0.25) is 14.5 Å². The van der Waals surface area contributed by atoms with Crippen molar-refractivity contribution < 1.29 is 9.59 Å². The molecule has 0 aliphatic carbocycles. The monoisotopic (exact) mass is 390 g/mol. The van der Waals surface area contributed by atoms with Gasteiger partial charge in [0.2, 0.25) is 5.91 Å². The Morgan fingerprint density at radius 1 is 1.12 bits per heavy atom. The highest BCUT2D eigenvalue weighted by atomic mass is 32.2. The lowest BCUT2D eigenvalue weighted by molar-refractivity contribution is -0.133. The van der Waals surface area contributed by atoms with Gasteiger partial charge in [0.25, 0.3) is 5.24 Å². The number of nitrogens with zero attached hydrogens (tertiary/aromatic N) is 4. The van der Waals surface area contributed by atoms with E-state index in [0.29, 0.717) is 13.0 Å². The fourth-order valence-corrected chi connectivity index (χ4v) is 5.21. The molecule has 0 unspecified atom stereocenters. The van der Waals surface area contributed by atoms with Crippen LogP contribution in [0.5, 0.6) is 0 Å². The van der Waals surface area contributed by atoms with Crippen molar-refractivity contribution in [1.29, 1.82) is 0 Å². The summed E-state index contributed by atoms with van der Waals surface area (Å²) in [5, 5.41) is 1.24. The van der Waals surface area contributed by atoms with Crippen molar-refractivity contribution in [2.24, 2.45) is 0 Å². The number of rotatable bonds is 5. The van der Waals surface area contributed by atoms with Crippen LogP contribution in [0.3, 0.4) is 0 Å². The molecule has 4 rings (SSSR count). The molecule has 2 aromatic rings. The van der Waals surface area contributed by atoms with Crippen LogP contribution in [-0.4, -0.2) is 75.9 Å². The van der Waals surface area contributed by atoms with Gasteiger partial charge in [-0.2, -0.15) is 0 Å². The molecule has 2 aliphatic heterocycles. The second-order valence-electron chi connectivity index (χ2n) is 6.58. The lowest BCUT2D eigenvalue weighted by Crippen LogP contribution is -2.48. The third kappa shape index (κ3) is 4.02. The predicted octanol–water partition coefficient (Wildman–Crippen LogP) is 2.50. The molecule has 2 saturated heterocycles. The van der Waals surface area contributed by atoms with Crippen LogP contribution in [0.15, 0.2) is 24.3 Å². The standard InChI is InChI=1S/C18H22N4O2S2/c23-17(5-6-22-11-12-25-18(22)24)21-9-7-20(8-10-21)13-16-19-14-3-1-2-4-15(14)26-16/h1-4H,5-13H2. The number of fused-ring (bicyclic) bond motifs is 1. The number of carbonyl (C=O) groups excluding carboxylic acids is 2. The molecule has 0 atom stereocenters. The summed E-state index contributed by atoms with van der Waals surface area (Å²) in [6, 6.07) is 8.22. The Labute approximate surface area is 161 Å². The van der Waals surface area contributed by atoms with E-state index in [4.69, 9.17) is 4.98 Å². The fourth-order valence-electron chi connectivity index (χ4n) is 3.35. The van der Waals surface area contributed by atoms with Gasteiger partial charge in [0.1, 0.15) is 5.01 Å². The van der Waals surface area contributed by atoms with Crippen LogP contribution < -0.4 is 0 Å². The first-order chi connectivity index (χ1) is 12.7. The van der Waals surface area contributed by atoms with E-state index >= 15 is 0 Å². The van der Waals surface area contributed by atoms with E-state index in [1.54, 1.807) is 16.2 Å². The van der Waals surface area contributed by atoms with Crippen molar-refractivity contribution in [2.75, 3.05) is 45.0 Å². The highest BCUT2D eigenvalue weighted by Gasteiger charge is 2.25. The van der Waals surface area contributed by atoms with Crippen molar-refractivity contribution in [3.63, 3.8) is 0 Å². The quantitative estimate of drug-likeness (QED) is 0.785. The van der Waals surface area contributed by atoms with E-state index in [-0.39, 0.29) is 11.1 Å². The normalized spacial score (nSPS) is 18.8. The molecule has 1 aromatic heterocycles. The SMILES string of the molecule is O=C(CCN1CCSC1=O)N1CCN(Cc2nc3ccccc3s2)CC1. The summed E-state index contributed by atoms with van der Waals surface area (Å²) in [5.74, 6) is 1.01. The number of aromatic nitrogens is 1. The van der Waals surface area contributed by atoms with Crippen LogP contribution in [0, 0.1) is 0 Å². The Kier molecular flexibility index (Phi) is 5.42. The maximum Gasteiger partial charge on any atom is 0.281 e. The van der Waals surface area contributed by atoms with Crippen molar-refractivity contribution in [3.8, 4) is 0 Å². The topological polar surface area (TPSA) is 56.8 Å². The number of thioether (sulfide) groups is 1. The van der Waals surface area contributed by atoms with Crippen molar-refractivity contribution in [3.05, 3.63) is 29.3 Å². The van der Waals surface area contributed by atoms with E-state index in [2.05, 4.69) is 17.0 Å². The highest BCUT2D eigenvalue weighted by Crippen LogP contribution is 2.23. The Morgan fingerprint density at radius 3 is 2.65 bits per heavy atom. The van der Waals surface area contributed by atoms with Crippen molar-refractivity contribution in [1.82, 2.24) is 19.7 Å². The lowest BCUT2D eigenvalue weighted by atomic mass is 10.2. The van der Waals surface area contributed by atoms with Gasteiger partial charge in [0, 0.05) is 51.4 Å². The molecule has 2 amide bonds. The number of hydrogen-bond acceptors (Lipinski definition) is 6. The second kappa shape index (κ2) is 7.94. The number of amides is 2. The summed E-state index contributed by atoms with van der Waals surface area (Å²) in [4.78, 5) is 34.8. The van der Waals surface area contributed by atoms with Crippen LogP contribution in [-0.2, 0) is 11.3 Å². The molecule has 2 aliphatic rings. The van der Waals surface area contributed by atoms with Gasteiger partial charge >= 0.3 is 0 Å². The fraction of sp³-hybridized carbons (Fsp3) is 0.500. The molecule has 8 heteroatoms. The maximum atomic E-state index is 12.4. The number of piperazine rings is 1. The number of thiazole rings is 1. The third-order valence-electron chi connectivity index (χ3n) is 4.86. The highest BCUT2D eigenvalue weighted by molar-refractivity contribution is 8.13. The summed E-state index contributed by atoms with van der Waals surface area (Å²) in [5.41, 5.74) is 1.07. The molecule has 26 heavy (non-hydrogen) atoms. The predicted molar refractivity (Wildman–Crippen MR) is 106 cm³/mol. The number of carbonyl (C=O) groups is 2. The van der Waals surface area contributed by atoms with Gasteiger partial charge in [-0.05, 0) is 12.1 Å². The van der Waals surface area contributed by atoms with Crippen LogP contribution >= 0.6 is 23.1 Å². The molecule has 1 aromatic carbocycles. The molecule has 0 N–H and O–H groups in total. The minimum absolute atomic E-state index is 0.110. The minimum Gasteiger partial charge on any atom is -0.340 e. The Balaban J connectivity index is 1.24. The molecule has 6 nitrogen and oxygen atoms in total. The van der Waals surface area contributed by atoms with E-state index in [1.165, 1.54) is 16.5 Å². The van der Waals surface area contributed by atoms with Crippen LogP contribution in [0.4, 0.5) is 4.79 Å². The van der Waals surface area contributed by atoms with E-state index < -0.39 is 0 Å². The first-order valence-electron chi connectivity index (χ1n) is 8.95. The zero-order valence-electron chi connectivity index (χ0n) is 14.6. The minimum atomic E-state index is 0.110. The van der Waals surface area contributed by atoms with Crippen LogP contribution in [0.25, 0.3) is 10.2 Å². The summed E-state index contributed by atoms with van der Waals surface area (Å²) in [6.07, 6.45) is 0.435. The molecule has 3 heterocycles. The summed E-state index contributed by atoms with van der Waals surface area (Å²) in [7, 11) is 0. The average molecular weight is 391 g/mol. The van der Waals surface area contributed by atoms with Crippen LogP contribution in [0.1, 0.15) is 11.4 Å². The Morgan fingerprint density at radius 2 is 1.92 bits per heavy atom. The summed E-state index contributed by atoms with van der Waals surface area (Å²) < 4.78 is 1.23. The number of hydrogen-bond donors (Lipinski definition) is 0. The second-order valence-corrected chi connectivity index (χ2v) is 8.75. The third-order valence-corrected chi connectivity index (χ3v) is 6.78. The largest absolute Gasteiger partial charge is 0.340 e. The Hall–Kier alpha value is -1.64.